The highest BCUT2D eigenvalue weighted by molar-refractivity contribution is 9.10. The third-order valence-corrected chi connectivity index (χ3v) is 5.57. The van der Waals surface area contributed by atoms with Crippen LogP contribution in [0.4, 0.5) is 5.69 Å². The molecular formula is C26H23BrN4O2. The molecule has 0 amide bonds. The van der Waals surface area contributed by atoms with E-state index in [4.69, 9.17) is 14.9 Å². The molecule has 33 heavy (non-hydrogen) atoms. The molecule has 4 rings (SSSR count). The number of halogens is 1. The molecule has 0 aliphatic carbocycles. The maximum atomic E-state index is 8.88. The maximum Gasteiger partial charge on any atom is 0.226 e. The summed E-state index contributed by atoms with van der Waals surface area (Å²) in [6, 6.07) is 23.3. The number of aromatic nitrogens is 2. The molecule has 0 aliphatic heterocycles. The molecule has 2 aromatic carbocycles. The van der Waals surface area contributed by atoms with Crippen molar-refractivity contribution in [1.82, 2.24) is 9.97 Å². The van der Waals surface area contributed by atoms with Gasteiger partial charge >= 0.3 is 0 Å². The molecule has 2 heterocycles. The Balaban J connectivity index is 1.64. The molecule has 0 bridgehead atoms. The molecular weight excluding hydrogens is 480 g/mol. The number of nitrogens with zero attached hydrogens (tertiary/aromatic N) is 2. The monoisotopic (exact) mass is 502 g/mol. The molecule has 2 N–H and O–H groups in total. The van der Waals surface area contributed by atoms with Crippen LogP contribution in [-0.4, -0.2) is 22.7 Å². The Morgan fingerprint density at radius 1 is 0.848 bits per heavy atom. The lowest BCUT2D eigenvalue weighted by Gasteiger charge is -2.16. The smallest absolute Gasteiger partial charge is 0.226 e. The normalized spacial score (nSPS) is 10.5. The minimum Gasteiger partial charge on any atom is -0.473 e. The van der Waals surface area contributed by atoms with Crippen molar-refractivity contribution in [2.45, 2.75) is 13.2 Å². The van der Waals surface area contributed by atoms with Crippen LogP contribution in [0.2, 0.25) is 0 Å². The molecule has 0 aliphatic rings. The van der Waals surface area contributed by atoms with Gasteiger partial charge in [0, 0.05) is 31.1 Å². The highest BCUT2D eigenvalue weighted by Crippen LogP contribution is 2.30. The Hall–Kier alpha value is -3.71. The van der Waals surface area contributed by atoms with Crippen molar-refractivity contribution < 1.29 is 9.47 Å². The van der Waals surface area contributed by atoms with Gasteiger partial charge < -0.3 is 14.8 Å². The number of hydrogen-bond acceptors (Lipinski definition) is 6. The molecule has 0 unspecified atom stereocenters. The zero-order chi connectivity index (χ0) is 23.0. The predicted octanol–water partition coefficient (Wildman–Crippen LogP) is 5.85. The summed E-state index contributed by atoms with van der Waals surface area (Å²) in [6.45, 7) is 0.716. The first-order valence-corrected chi connectivity index (χ1v) is 11.2. The molecule has 0 spiro atoms. The van der Waals surface area contributed by atoms with Crippen LogP contribution in [-0.2, 0) is 13.2 Å². The van der Waals surface area contributed by atoms with Crippen LogP contribution in [0.1, 0.15) is 22.3 Å². The minimum absolute atomic E-state index is 0.248. The van der Waals surface area contributed by atoms with Crippen LogP contribution < -0.4 is 14.8 Å². The number of nitrogens with one attached hydrogen (secondary N) is 2. The summed E-state index contributed by atoms with van der Waals surface area (Å²) in [4.78, 5) is 8.82. The first kappa shape index (κ1) is 22.5. The fourth-order valence-electron chi connectivity index (χ4n) is 3.29. The molecule has 0 saturated heterocycles. The van der Waals surface area contributed by atoms with Crippen molar-refractivity contribution >= 4 is 27.3 Å². The average Bonchev–Trinajstić information content (AvgIpc) is 2.87. The molecule has 2 aromatic heterocycles. The first-order valence-electron chi connectivity index (χ1n) is 10.4. The Kier molecular flexibility index (Phi) is 7.32. The highest BCUT2D eigenvalue weighted by atomic mass is 79.9. The van der Waals surface area contributed by atoms with Gasteiger partial charge in [-0.05, 0) is 33.1 Å². The van der Waals surface area contributed by atoms with Gasteiger partial charge in [0.2, 0.25) is 11.8 Å². The Bertz CT molecular complexity index is 1230. The van der Waals surface area contributed by atoms with Gasteiger partial charge in [0.05, 0.1) is 21.4 Å². The molecule has 0 fully saturated rings. The number of hydrogen-bond donors (Lipinski definition) is 2. The quantitative estimate of drug-likeness (QED) is 0.280. The van der Waals surface area contributed by atoms with E-state index < -0.39 is 0 Å². The lowest BCUT2D eigenvalue weighted by Crippen LogP contribution is -2.11. The highest BCUT2D eigenvalue weighted by Gasteiger charge is 2.19. The van der Waals surface area contributed by atoms with E-state index in [0.29, 0.717) is 36.1 Å². The summed E-state index contributed by atoms with van der Waals surface area (Å²) in [5.74, 6) is 0.760. The second kappa shape index (κ2) is 10.7. The summed E-state index contributed by atoms with van der Waals surface area (Å²) >= 11 is 3.49. The second-order valence-electron chi connectivity index (χ2n) is 7.22. The van der Waals surface area contributed by atoms with Gasteiger partial charge in [-0.2, -0.15) is 4.98 Å². The lowest BCUT2D eigenvalue weighted by atomic mass is 10.0. The van der Waals surface area contributed by atoms with E-state index in [2.05, 4.69) is 31.2 Å². The van der Waals surface area contributed by atoms with Crippen molar-refractivity contribution in [3.05, 3.63) is 112 Å². The number of benzene rings is 2. The number of anilines is 1. The van der Waals surface area contributed by atoms with Crippen molar-refractivity contribution in [2.24, 2.45) is 0 Å². The van der Waals surface area contributed by atoms with Crippen LogP contribution in [0, 0.1) is 5.41 Å². The number of rotatable bonds is 9. The van der Waals surface area contributed by atoms with E-state index >= 15 is 0 Å². The molecule has 166 valence electrons. The second-order valence-corrected chi connectivity index (χ2v) is 8.07. The fraction of sp³-hybridized carbons (Fsp3) is 0.115. The summed E-state index contributed by atoms with van der Waals surface area (Å²) in [5, 5.41) is 12.0. The lowest BCUT2D eigenvalue weighted by molar-refractivity contribution is 0.267. The minimum atomic E-state index is 0.248. The van der Waals surface area contributed by atoms with E-state index in [-0.39, 0.29) is 5.71 Å². The first-order chi connectivity index (χ1) is 16.2. The summed E-state index contributed by atoms with van der Waals surface area (Å²) in [6.07, 6.45) is 3.34. The summed E-state index contributed by atoms with van der Waals surface area (Å²) in [5.41, 5.74) is 4.26. The van der Waals surface area contributed by atoms with Crippen molar-refractivity contribution in [2.75, 3.05) is 12.4 Å². The van der Waals surface area contributed by atoms with Crippen LogP contribution in [0.15, 0.2) is 89.7 Å². The van der Waals surface area contributed by atoms with Crippen LogP contribution in [0.25, 0.3) is 0 Å². The van der Waals surface area contributed by atoms with E-state index in [1.165, 1.54) is 0 Å². The zero-order valence-corrected chi connectivity index (χ0v) is 19.7. The van der Waals surface area contributed by atoms with E-state index in [0.717, 1.165) is 21.3 Å². The number of ether oxygens (including phenoxy) is 2. The van der Waals surface area contributed by atoms with Gasteiger partial charge in [-0.3, -0.25) is 10.4 Å². The molecule has 0 saturated carbocycles. The van der Waals surface area contributed by atoms with Gasteiger partial charge in [-0.25, -0.2) is 0 Å². The third kappa shape index (κ3) is 5.56. The fourth-order valence-corrected chi connectivity index (χ4v) is 3.82. The number of pyridine rings is 2. The van der Waals surface area contributed by atoms with Gasteiger partial charge in [-0.15, -0.1) is 0 Å². The predicted molar refractivity (Wildman–Crippen MR) is 133 cm³/mol. The molecule has 6 nitrogen and oxygen atoms in total. The maximum absolute atomic E-state index is 8.88. The molecule has 7 heteroatoms. The van der Waals surface area contributed by atoms with Crippen LogP contribution >= 0.6 is 15.9 Å². The molecule has 4 aromatic rings. The Labute approximate surface area is 201 Å². The van der Waals surface area contributed by atoms with Gasteiger partial charge in [0.1, 0.15) is 13.2 Å². The summed E-state index contributed by atoms with van der Waals surface area (Å²) in [7, 11) is 1.81. The average molecular weight is 503 g/mol. The van der Waals surface area contributed by atoms with Crippen LogP contribution in [0.3, 0.4) is 0 Å². The van der Waals surface area contributed by atoms with E-state index in [9.17, 15) is 0 Å². The molecule has 0 atom stereocenters. The summed E-state index contributed by atoms with van der Waals surface area (Å²) < 4.78 is 12.7. The van der Waals surface area contributed by atoms with E-state index in [1.807, 2.05) is 67.7 Å². The van der Waals surface area contributed by atoms with Gasteiger partial charge in [-0.1, -0.05) is 60.7 Å². The topological polar surface area (TPSA) is 80.1 Å². The standard InChI is InChI=1S/C26H23BrN4O2/c1-29-25-21(14-30-15-22(25)27)24(28)20-12-13-23(32-16-18-8-4-2-5-9-18)31-26(20)33-17-19-10-6-3-7-11-19/h2-15,28H,16-17H2,1H3,(H,29,30). The largest absolute Gasteiger partial charge is 0.473 e. The zero-order valence-electron chi connectivity index (χ0n) is 18.1. The van der Waals surface area contributed by atoms with Gasteiger partial charge in [0.25, 0.3) is 0 Å². The van der Waals surface area contributed by atoms with E-state index in [1.54, 1.807) is 24.5 Å². The van der Waals surface area contributed by atoms with Crippen molar-refractivity contribution in [3.63, 3.8) is 0 Å². The molecule has 0 radical (unpaired) electrons. The van der Waals surface area contributed by atoms with Gasteiger partial charge in [0.15, 0.2) is 0 Å². The SMILES string of the molecule is CNc1c(Br)cncc1C(=N)c1ccc(OCc2ccccc2)nc1OCc1ccccc1. The Morgan fingerprint density at radius 2 is 1.48 bits per heavy atom. The van der Waals surface area contributed by atoms with Crippen LogP contribution in [0.5, 0.6) is 11.8 Å². The third-order valence-electron chi connectivity index (χ3n) is 4.97. The van der Waals surface area contributed by atoms with Crippen molar-refractivity contribution in [1.29, 1.82) is 5.41 Å². The Morgan fingerprint density at radius 3 is 2.12 bits per heavy atom. The van der Waals surface area contributed by atoms with Crippen molar-refractivity contribution in [3.8, 4) is 11.8 Å².